The van der Waals surface area contributed by atoms with Crippen molar-refractivity contribution in [3.8, 4) is 11.5 Å². The summed E-state index contributed by atoms with van der Waals surface area (Å²) in [5, 5.41) is 0. The van der Waals surface area contributed by atoms with Crippen LogP contribution in [0.3, 0.4) is 0 Å². The zero-order valence-electron chi connectivity index (χ0n) is 8.80. The fraction of sp³-hybridized carbons (Fsp3) is 0.455. The molecule has 1 aromatic rings. The van der Waals surface area contributed by atoms with Gasteiger partial charge in [0.15, 0.2) is 11.5 Å². The van der Waals surface area contributed by atoms with E-state index >= 15 is 0 Å². The molecule has 1 aliphatic carbocycles. The lowest BCUT2D eigenvalue weighted by atomic mass is 9.97. The molecule has 2 N–H and O–H groups in total. The summed E-state index contributed by atoms with van der Waals surface area (Å²) in [7, 11) is 0. The van der Waals surface area contributed by atoms with Gasteiger partial charge in [-0.2, -0.15) is 13.2 Å². The molecule has 2 aliphatic rings. The van der Waals surface area contributed by atoms with Crippen molar-refractivity contribution in [3.05, 3.63) is 23.3 Å². The topological polar surface area (TPSA) is 44.5 Å². The fourth-order valence-electron chi connectivity index (χ4n) is 1.99. The maximum atomic E-state index is 12.9. The first-order chi connectivity index (χ1) is 7.90. The van der Waals surface area contributed by atoms with Gasteiger partial charge >= 0.3 is 6.18 Å². The lowest BCUT2D eigenvalue weighted by Gasteiger charge is -2.18. The molecule has 1 saturated carbocycles. The molecule has 1 aliphatic heterocycles. The van der Waals surface area contributed by atoms with Gasteiger partial charge < -0.3 is 15.2 Å². The molecule has 0 atom stereocenters. The highest BCUT2D eigenvalue weighted by molar-refractivity contribution is 5.53. The zero-order valence-corrected chi connectivity index (χ0v) is 8.80. The summed E-state index contributed by atoms with van der Waals surface area (Å²) in [5.74, 6) is 0.468. The Morgan fingerprint density at radius 3 is 2.24 bits per heavy atom. The Bertz CT molecular complexity index is 448. The van der Waals surface area contributed by atoms with E-state index in [4.69, 9.17) is 15.2 Å². The van der Waals surface area contributed by atoms with Gasteiger partial charge in [0.05, 0.1) is 5.56 Å². The second-order valence-corrected chi connectivity index (χ2v) is 4.40. The van der Waals surface area contributed by atoms with E-state index in [9.17, 15) is 13.2 Å². The summed E-state index contributed by atoms with van der Waals surface area (Å²) in [6, 6.07) is 2.34. The molecule has 3 nitrogen and oxygen atoms in total. The van der Waals surface area contributed by atoms with Crippen molar-refractivity contribution in [2.24, 2.45) is 5.73 Å². The van der Waals surface area contributed by atoms with E-state index in [0.29, 0.717) is 18.6 Å². The van der Waals surface area contributed by atoms with Gasteiger partial charge in [-0.3, -0.25) is 0 Å². The van der Waals surface area contributed by atoms with Crippen molar-refractivity contribution < 1.29 is 22.6 Å². The van der Waals surface area contributed by atoms with Crippen molar-refractivity contribution >= 4 is 0 Å². The summed E-state index contributed by atoms with van der Waals surface area (Å²) >= 11 is 0. The lowest BCUT2D eigenvalue weighted by Crippen LogP contribution is -2.23. The second-order valence-electron chi connectivity index (χ2n) is 4.40. The third-order valence-corrected chi connectivity index (χ3v) is 3.14. The van der Waals surface area contributed by atoms with Gasteiger partial charge in [0.2, 0.25) is 6.79 Å². The van der Waals surface area contributed by atoms with Gasteiger partial charge in [-0.05, 0) is 30.5 Å². The minimum Gasteiger partial charge on any atom is -0.454 e. The van der Waals surface area contributed by atoms with E-state index in [0.717, 1.165) is 6.07 Å². The van der Waals surface area contributed by atoms with E-state index in [1.165, 1.54) is 6.07 Å². The highest BCUT2D eigenvalue weighted by Crippen LogP contribution is 2.51. The van der Waals surface area contributed by atoms with Crippen molar-refractivity contribution in [3.63, 3.8) is 0 Å². The number of hydrogen-bond acceptors (Lipinski definition) is 3. The number of nitrogens with two attached hydrogens (primary N) is 1. The number of alkyl halides is 3. The van der Waals surface area contributed by atoms with E-state index < -0.39 is 17.3 Å². The van der Waals surface area contributed by atoms with Gasteiger partial charge in [0.1, 0.15) is 0 Å². The molecule has 0 saturated heterocycles. The van der Waals surface area contributed by atoms with Gasteiger partial charge in [0.25, 0.3) is 0 Å². The molecule has 3 rings (SSSR count). The first-order valence-corrected chi connectivity index (χ1v) is 5.20. The minimum atomic E-state index is -4.43. The van der Waals surface area contributed by atoms with Crippen LogP contribution in [0.5, 0.6) is 11.5 Å². The molecule has 0 amide bonds. The third-order valence-electron chi connectivity index (χ3n) is 3.14. The highest BCUT2D eigenvalue weighted by atomic mass is 19.4. The first kappa shape index (κ1) is 10.7. The van der Waals surface area contributed by atoms with Crippen LogP contribution in [0, 0.1) is 0 Å². The molecule has 17 heavy (non-hydrogen) atoms. The van der Waals surface area contributed by atoms with Gasteiger partial charge in [-0.25, -0.2) is 0 Å². The minimum absolute atomic E-state index is 0.0480. The summed E-state index contributed by atoms with van der Waals surface area (Å²) < 4.78 is 48.8. The van der Waals surface area contributed by atoms with Crippen LogP contribution in [0.2, 0.25) is 0 Å². The monoisotopic (exact) mass is 245 g/mol. The van der Waals surface area contributed by atoms with Gasteiger partial charge in [0, 0.05) is 5.54 Å². The fourth-order valence-corrected chi connectivity index (χ4v) is 1.99. The Hall–Kier alpha value is -1.43. The number of ether oxygens (including phenoxy) is 2. The van der Waals surface area contributed by atoms with Crippen molar-refractivity contribution in [1.82, 2.24) is 0 Å². The Kier molecular flexibility index (Phi) is 1.93. The van der Waals surface area contributed by atoms with Crippen LogP contribution in [0.15, 0.2) is 12.1 Å². The van der Waals surface area contributed by atoms with Gasteiger partial charge in [-0.15, -0.1) is 0 Å². The Morgan fingerprint density at radius 1 is 1.12 bits per heavy atom. The molecular weight excluding hydrogens is 235 g/mol. The van der Waals surface area contributed by atoms with Crippen LogP contribution in [-0.4, -0.2) is 6.79 Å². The maximum absolute atomic E-state index is 12.9. The number of benzene rings is 1. The van der Waals surface area contributed by atoms with E-state index in [1.807, 2.05) is 0 Å². The van der Waals surface area contributed by atoms with Crippen molar-refractivity contribution in [1.29, 1.82) is 0 Å². The van der Waals surface area contributed by atoms with E-state index in [2.05, 4.69) is 0 Å². The average molecular weight is 245 g/mol. The van der Waals surface area contributed by atoms with E-state index in [1.54, 1.807) is 0 Å². The van der Waals surface area contributed by atoms with Crippen LogP contribution < -0.4 is 15.2 Å². The predicted molar refractivity (Wildman–Crippen MR) is 52.7 cm³/mol. The molecule has 1 aromatic carbocycles. The standard InChI is InChI=1S/C11H10F3NO2/c12-11(13,14)7-4-9-8(16-5-17-9)3-6(7)10(15)1-2-10/h3-4H,1-2,5,15H2. The smallest absolute Gasteiger partial charge is 0.416 e. The second kappa shape index (κ2) is 3.07. The Balaban J connectivity index is 2.18. The van der Waals surface area contributed by atoms with Gasteiger partial charge in [-0.1, -0.05) is 0 Å². The van der Waals surface area contributed by atoms with Crippen LogP contribution in [0.1, 0.15) is 24.0 Å². The molecule has 1 heterocycles. The molecule has 0 aromatic heterocycles. The molecule has 6 heteroatoms. The first-order valence-electron chi connectivity index (χ1n) is 5.20. The SMILES string of the molecule is NC1(c2cc3c(cc2C(F)(F)F)OCO3)CC1. The number of fused-ring (bicyclic) bond motifs is 1. The predicted octanol–water partition coefficient (Wildman–Crippen LogP) is 2.38. The lowest BCUT2D eigenvalue weighted by molar-refractivity contribution is -0.138. The van der Waals surface area contributed by atoms with Crippen molar-refractivity contribution in [2.45, 2.75) is 24.6 Å². The Labute approximate surface area is 95.3 Å². The van der Waals surface area contributed by atoms with E-state index in [-0.39, 0.29) is 18.1 Å². The molecular formula is C11H10F3NO2. The van der Waals surface area contributed by atoms with Crippen LogP contribution in [0.25, 0.3) is 0 Å². The third kappa shape index (κ3) is 1.63. The Morgan fingerprint density at radius 2 is 1.71 bits per heavy atom. The summed E-state index contributed by atoms with van der Waals surface area (Å²) in [4.78, 5) is 0. The zero-order chi connectivity index (χ0) is 12.3. The average Bonchev–Trinajstić information content (AvgIpc) is 2.83. The quantitative estimate of drug-likeness (QED) is 0.826. The van der Waals surface area contributed by atoms with Crippen LogP contribution in [-0.2, 0) is 11.7 Å². The summed E-state index contributed by atoms with van der Waals surface area (Å²) in [6.45, 7) is -0.0480. The van der Waals surface area contributed by atoms with Crippen LogP contribution in [0.4, 0.5) is 13.2 Å². The number of halogens is 3. The molecule has 0 radical (unpaired) electrons. The normalized spacial score (nSPS) is 20.5. The van der Waals surface area contributed by atoms with Crippen LogP contribution >= 0.6 is 0 Å². The highest BCUT2D eigenvalue weighted by Gasteiger charge is 2.47. The number of rotatable bonds is 1. The molecule has 0 unspecified atom stereocenters. The van der Waals surface area contributed by atoms with Crippen molar-refractivity contribution in [2.75, 3.05) is 6.79 Å². The maximum Gasteiger partial charge on any atom is 0.416 e. The molecule has 0 bridgehead atoms. The molecule has 0 spiro atoms. The summed E-state index contributed by atoms with van der Waals surface area (Å²) in [5.41, 5.74) is 4.39. The summed E-state index contributed by atoms with van der Waals surface area (Å²) in [6.07, 6.45) is -3.29. The largest absolute Gasteiger partial charge is 0.454 e. The molecule has 1 fully saturated rings. The number of hydrogen-bond donors (Lipinski definition) is 1. The molecule has 92 valence electrons.